The highest BCUT2D eigenvalue weighted by atomic mass is 16.3. The van der Waals surface area contributed by atoms with Gasteiger partial charge in [-0.3, -0.25) is 0 Å². The predicted octanol–water partition coefficient (Wildman–Crippen LogP) is 2.98. The molecule has 0 aromatic heterocycles. The Morgan fingerprint density at radius 3 is 2.38 bits per heavy atom. The quantitative estimate of drug-likeness (QED) is 0.841. The van der Waals surface area contributed by atoms with Crippen LogP contribution in [0.4, 0.5) is 5.69 Å². The van der Waals surface area contributed by atoms with E-state index in [1.54, 1.807) is 6.92 Å². The average molecular weight is 219 g/mol. The number of hydrogen-bond acceptors (Lipinski definition) is 2. The van der Waals surface area contributed by atoms with E-state index in [-0.39, 0.29) is 6.10 Å². The van der Waals surface area contributed by atoms with Crippen LogP contribution in [0.25, 0.3) is 0 Å². The van der Waals surface area contributed by atoms with Crippen molar-refractivity contribution < 1.29 is 5.11 Å². The SMILES string of the molecule is C[C@H](O)c1ccc(N(C)CC2CCC2)cc1. The molecule has 1 aliphatic rings. The topological polar surface area (TPSA) is 23.5 Å². The molecule has 0 bridgehead atoms. The third-order valence-corrected chi connectivity index (χ3v) is 3.57. The Morgan fingerprint density at radius 2 is 1.94 bits per heavy atom. The predicted molar refractivity (Wildman–Crippen MR) is 67.7 cm³/mol. The van der Waals surface area contributed by atoms with Gasteiger partial charge in [-0.1, -0.05) is 18.6 Å². The van der Waals surface area contributed by atoms with Gasteiger partial charge in [0.2, 0.25) is 0 Å². The van der Waals surface area contributed by atoms with Gasteiger partial charge in [-0.15, -0.1) is 0 Å². The van der Waals surface area contributed by atoms with E-state index in [1.165, 1.54) is 24.9 Å². The van der Waals surface area contributed by atoms with Crippen LogP contribution in [0.2, 0.25) is 0 Å². The number of benzene rings is 1. The van der Waals surface area contributed by atoms with Gasteiger partial charge >= 0.3 is 0 Å². The molecule has 1 saturated carbocycles. The number of nitrogens with zero attached hydrogens (tertiary/aromatic N) is 1. The van der Waals surface area contributed by atoms with Crippen molar-refractivity contribution in [2.45, 2.75) is 32.3 Å². The number of aliphatic hydroxyl groups is 1. The molecule has 2 heteroatoms. The summed E-state index contributed by atoms with van der Waals surface area (Å²) in [4.78, 5) is 2.32. The molecule has 1 atom stereocenters. The molecule has 16 heavy (non-hydrogen) atoms. The molecular formula is C14H21NO. The van der Waals surface area contributed by atoms with Gasteiger partial charge in [0.15, 0.2) is 0 Å². The minimum Gasteiger partial charge on any atom is -0.389 e. The van der Waals surface area contributed by atoms with Crippen LogP contribution in [0.5, 0.6) is 0 Å². The molecule has 2 nitrogen and oxygen atoms in total. The summed E-state index contributed by atoms with van der Waals surface area (Å²) in [6.45, 7) is 2.96. The van der Waals surface area contributed by atoms with E-state index in [4.69, 9.17) is 0 Å². The second-order valence-corrected chi connectivity index (χ2v) is 4.94. The van der Waals surface area contributed by atoms with Crippen molar-refractivity contribution in [1.29, 1.82) is 0 Å². The number of rotatable bonds is 4. The van der Waals surface area contributed by atoms with Crippen molar-refractivity contribution in [3.05, 3.63) is 29.8 Å². The lowest BCUT2D eigenvalue weighted by atomic mass is 9.85. The number of aliphatic hydroxyl groups excluding tert-OH is 1. The molecule has 0 radical (unpaired) electrons. The van der Waals surface area contributed by atoms with Crippen LogP contribution >= 0.6 is 0 Å². The molecule has 1 aromatic carbocycles. The van der Waals surface area contributed by atoms with Crippen LogP contribution in [0.1, 0.15) is 37.9 Å². The van der Waals surface area contributed by atoms with Gasteiger partial charge in [0.1, 0.15) is 0 Å². The van der Waals surface area contributed by atoms with Crippen molar-refractivity contribution in [3.63, 3.8) is 0 Å². The zero-order valence-corrected chi connectivity index (χ0v) is 10.2. The van der Waals surface area contributed by atoms with Gasteiger partial charge in [0.05, 0.1) is 6.10 Å². The lowest BCUT2D eigenvalue weighted by molar-refractivity contribution is 0.199. The second-order valence-electron chi connectivity index (χ2n) is 4.94. The summed E-state index contributed by atoms with van der Waals surface area (Å²) < 4.78 is 0. The minimum absolute atomic E-state index is 0.369. The van der Waals surface area contributed by atoms with E-state index >= 15 is 0 Å². The van der Waals surface area contributed by atoms with E-state index in [1.807, 2.05) is 12.1 Å². The molecule has 0 amide bonds. The molecule has 0 spiro atoms. The van der Waals surface area contributed by atoms with Crippen molar-refractivity contribution in [1.82, 2.24) is 0 Å². The van der Waals surface area contributed by atoms with Gasteiger partial charge in [0, 0.05) is 19.3 Å². The lowest BCUT2D eigenvalue weighted by Gasteiger charge is -2.31. The summed E-state index contributed by atoms with van der Waals surface area (Å²) in [5.74, 6) is 0.890. The van der Waals surface area contributed by atoms with Gasteiger partial charge in [-0.2, -0.15) is 0 Å². The van der Waals surface area contributed by atoms with Crippen LogP contribution in [-0.4, -0.2) is 18.7 Å². The Bertz CT molecular complexity index is 327. The fourth-order valence-electron chi connectivity index (χ4n) is 2.18. The first kappa shape index (κ1) is 11.5. The van der Waals surface area contributed by atoms with Crippen molar-refractivity contribution in [2.24, 2.45) is 5.92 Å². The molecule has 1 aliphatic carbocycles. The summed E-state index contributed by atoms with van der Waals surface area (Å²) in [5, 5.41) is 9.43. The molecule has 1 aromatic rings. The molecule has 0 saturated heterocycles. The fourth-order valence-corrected chi connectivity index (χ4v) is 2.18. The number of anilines is 1. The highest BCUT2D eigenvalue weighted by molar-refractivity contribution is 5.47. The molecule has 0 heterocycles. The van der Waals surface area contributed by atoms with Gasteiger partial charge < -0.3 is 10.0 Å². The Labute approximate surface area is 97.9 Å². The Balaban J connectivity index is 1.97. The van der Waals surface area contributed by atoms with E-state index in [9.17, 15) is 5.11 Å². The van der Waals surface area contributed by atoms with Crippen molar-refractivity contribution in [3.8, 4) is 0 Å². The molecule has 1 fully saturated rings. The first-order chi connectivity index (χ1) is 7.66. The van der Waals surface area contributed by atoms with Crippen LogP contribution in [0.3, 0.4) is 0 Å². The van der Waals surface area contributed by atoms with Crippen LogP contribution in [-0.2, 0) is 0 Å². The van der Waals surface area contributed by atoms with Gasteiger partial charge in [-0.25, -0.2) is 0 Å². The summed E-state index contributed by atoms with van der Waals surface area (Å²) in [6.07, 6.45) is 3.80. The highest BCUT2D eigenvalue weighted by Gasteiger charge is 2.19. The standard InChI is InChI=1S/C14H21NO/c1-11(16)13-6-8-14(9-7-13)15(2)10-12-4-3-5-12/h6-9,11-12,16H,3-5,10H2,1-2H3/t11-/m0/s1. The first-order valence-corrected chi connectivity index (χ1v) is 6.16. The third kappa shape index (κ3) is 2.56. The van der Waals surface area contributed by atoms with E-state index in [0.717, 1.165) is 18.0 Å². The molecule has 0 unspecified atom stereocenters. The molecular weight excluding hydrogens is 198 g/mol. The van der Waals surface area contributed by atoms with Crippen LogP contribution < -0.4 is 4.90 Å². The Hall–Kier alpha value is -1.02. The number of hydrogen-bond donors (Lipinski definition) is 1. The van der Waals surface area contributed by atoms with E-state index in [0.29, 0.717) is 0 Å². The zero-order chi connectivity index (χ0) is 11.5. The largest absolute Gasteiger partial charge is 0.389 e. The van der Waals surface area contributed by atoms with Crippen LogP contribution in [0.15, 0.2) is 24.3 Å². The normalized spacial score (nSPS) is 17.9. The summed E-state index contributed by atoms with van der Waals surface area (Å²) in [6, 6.07) is 8.22. The lowest BCUT2D eigenvalue weighted by Crippen LogP contribution is -2.29. The van der Waals surface area contributed by atoms with Crippen LogP contribution in [0, 0.1) is 5.92 Å². The average Bonchev–Trinajstić information content (AvgIpc) is 2.23. The second kappa shape index (κ2) is 4.88. The maximum absolute atomic E-state index is 9.43. The Kier molecular flexibility index (Phi) is 3.49. The smallest absolute Gasteiger partial charge is 0.0761 e. The molecule has 1 N–H and O–H groups in total. The van der Waals surface area contributed by atoms with Crippen molar-refractivity contribution in [2.75, 3.05) is 18.5 Å². The summed E-state index contributed by atoms with van der Waals surface area (Å²) in [7, 11) is 2.15. The molecule has 2 rings (SSSR count). The summed E-state index contributed by atoms with van der Waals surface area (Å²) in [5.41, 5.74) is 2.23. The zero-order valence-electron chi connectivity index (χ0n) is 10.2. The molecule has 88 valence electrons. The van der Waals surface area contributed by atoms with E-state index < -0.39 is 0 Å². The van der Waals surface area contributed by atoms with Gasteiger partial charge in [-0.05, 0) is 43.4 Å². The summed E-state index contributed by atoms with van der Waals surface area (Å²) >= 11 is 0. The maximum Gasteiger partial charge on any atom is 0.0761 e. The monoisotopic (exact) mass is 219 g/mol. The molecule has 0 aliphatic heterocycles. The third-order valence-electron chi connectivity index (χ3n) is 3.57. The fraction of sp³-hybridized carbons (Fsp3) is 0.571. The minimum atomic E-state index is -0.369. The maximum atomic E-state index is 9.43. The first-order valence-electron chi connectivity index (χ1n) is 6.16. The Morgan fingerprint density at radius 1 is 1.31 bits per heavy atom. The highest BCUT2D eigenvalue weighted by Crippen LogP contribution is 2.28. The van der Waals surface area contributed by atoms with Crippen molar-refractivity contribution >= 4 is 5.69 Å². The van der Waals surface area contributed by atoms with Gasteiger partial charge in [0.25, 0.3) is 0 Å². The van der Waals surface area contributed by atoms with E-state index in [2.05, 4.69) is 24.1 Å².